The van der Waals surface area contributed by atoms with Gasteiger partial charge >= 0.3 is 0 Å². The van der Waals surface area contributed by atoms with E-state index in [1.165, 1.54) is 5.56 Å². The van der Waals surface area contributed by atoms with Crippen LogP contribution < -0.4 is 15.4 Å². The van der Waals surface area contributed by atoms with Gasteiger partial charge < -0.3 is 29.7 Å². The van der Waals surface area contributed by atoms with Gasteiger partial charge in [-0.25, -0.2) is 0 Å². The van der Waals surface area contributed by atoms with Gasteiger partial charge in [0, 0.05) is 58.4 Å². The van der Waals surface area contributed by atoms with Gasteiger partial charge in [-0.1, -0.05) is 12.1 Å². The largest absolute Gasteiger partial charge is 0.493 e. The summed E-state index contributed by atoms with van der Waals surface area (Å²) < 4.78 is 16.7. The quantitative estimate of drug-likeness (QED) is 0.441. The summed E-state index contributed by atoms with van der Waals surface area (Å²) >= 11 is 0. The summed E-state index contributed by atoms with van der Waals surface area (Å²) in [5, 5.41) is 6.74. The number of likely N-dealkylation sites (N-methyl/N-ethyl adjacent to an activating group) is 1. The van der Waals surface area contributed by atoms with Crippen molar-refractivity contribution >= 4 is 5.96 Å². The first kappa shape index (κ1) is 22.5. The molecular formula is C21H36N4O3. The van der Waals surface area contributed by atoms with Crippen molar-refractivity contribution in [1.29, 1.82) is 0 Å². The smallest absolute Gasteiger partial charge is 0.191 e. The second-order valence-corrected chi connectivity index (χ2v) is 7.30. The molecule has 0 aliphatic carbocycles. The molecule has 1 fully saturated rings. The maximum atomic E-state index is 6.12. The summed E-state index contributed by atoms with van der Waals surface area (Å²) in [4.78, 5) is 6.54. The van der Waals surface area contributed by atoms with Crippen LogP contribution in [0.5, 0.6) is 5.75 Å². The number of aliphatic imine (C=N–C) groups is 1. The zero-order valence-electron chi connectivity index (χ0n) is 17.8. The maximum absolute atomic E-state index is 6.12. The van der Waals surface area contributed by atoms with Gasteiger partial charge in [0.2, 0.25) is 0 Å². The average molecular weight is 393 g/mol. The molecule has 1 aliphatic heterocycles. The molecule has 1 aliphatic rings. The zero-order valence-corrected chi connectivity index (χ0v) is 17.8. The molecule has 7 heteroatoms. The van der Waals surface area contributed by atoms with Crippen molar-refractivity contribution in [3.63, 3.8) is 0 Å². The number of hydrogen-bond donors (Lipinski definition) is 2. The molecule has 1 unspecified atom stereocenters. The van der Waals surface area contributed by atoms with Crippen LogP contribution >= 0.6 is 0 Å². The lowest BCUT2D eigenvalue weighted by atomic mass is 10.1. The van der Waals surface area contributed by atoms with Crippen molar-refractivity contribution in [2.24, 2.45) is 10.9 Å². The van der Waals surface area contributed by atoms with Crippen molar-refractivity contribution in [3.8, 4) is 5.75 Å². The van der Waals surface area contributed by atoms with Gasteiger partial charge in [0.15, 0.2) is 5.96 Å². The van der Waals surface area contributed by atoms with Crippen molar-refractivity contribution in [3.05, 3.63) is 29.3 Å². The Balaban J connectivity index is 1.80. The summed E-state index contributed by atoms with van der Waals surface area (Å²) in [7, 11) is 5.60. The van der Waals surface area contributed by atoms with E-state index >= 15 is 0 Å². The van der Waals surface area contributed by atoms with Gasteiger partial charge in [-0.3, -0.25) is 4.99 Å². The van der Waals surface area contributed by atoms with Crippen molar-refractivity contribution < 1.29 is 14.2 Å². The van der Waals surface area contributed by atoms with Gasteiger partial charge in [-0.2, -0.15) is 0 Å². The molecule has 0 spiro atoms. The number of ether oxygens (including phenoxy) is 3. The second-order valence-electron chi connectivity index (χ2n) is 7.30. The number of guanidine groups is 1. The van der Waals surface area contributed by atoms with Crippen LogP contribution in [0, 0.1) is 12.8 Å². The Kier molecular flexibility index (Phi) is 10.1. The maximum Gasteiger partial charge on any atom is 0.191 e. The van der Waals surface area contributed by atoms with Crippen molar-refractivity contribution in [1.82, 2.24) is 15.5 Å². The highest BCUT2D eigenvalue weighted by molar-refractivity contribution is 5.79. The lowest BCUT2D eigenvalue weighted by Gasteiger charge is -2.19. The summed E-state index contributed by atoms with van der Waals surface area (Å²) in [6.45, 7) is 8.50. The van der Waals surface area contributed by atoms with Crippen molar-refractivity contribution in [2.75, 3.05) is 67.3 Å². The van der Waals surface area contributed by atoms with E-state index < -0.39 is 0 Å². The predicted octanol–water partition coefficient (Wildman–Crippen LogP) is 1.65. The van der Waals surface area contributed by atoms with Gasteiger partial charge in [0.25, 0.3) is 0 Å². The molecule has 1 atom stereocenters. The van der Waals surface area contributed by atoms with Gasteiger partial charge in [0.05, 0.1) is 19.8 Å². The standard InChI is InChI=1S/C21H36N4O3/c1-17-5-6-19(20(13-17)28-16-18-7-11-27-15-18)14-24-21(22-2)23-8-9-25(3)10-12-26-4/h5-6,13,18H,7-12,14-16H2,1-4H3,(H2,22,23,24). The van der Waals surface area contributed by atoms with E-state index in [2.05, 4.69) is 52.7 Å². The lowest BCUT2D eigenvalue weighted by Crippen LogP contribution is -2.41. The van der Waals surface area contributed by atoms with E-state index in [4.69, 9.17) is 14.2 Å². The summed E-state index contributed by atoms with van der Waals surface area (Å²) in [5.41, 5.74) is 2.33. The number of methoxy groups -OCH3 is 1. The Bertz CT molecular complexity index is 603. The molecule has 0 amide bonds. The molecule has 7 nitrogen and oxygen atoms in total. The first-order chi connectivity index (χ1) is 13.6. The molecule has 0 aromatic heterocycles. The minimum atomic E-state index is 0.492. The van der Waals surface area contributed by atoms with Crippen molar-refractivity contribution in [2.45, 2.75) is 19.9 Å². The third-order valence-electron chi connectivity index (χ3n) is 4.85. The van der Waals surface area contributed by atoms with E-state index in [1.807, 2.05) is 0 Å². The lowest BCUT2D eigenvalue weighted by molar-refractivity contribution is 0.162. The van der Waals surface area contributed by atoms with Crippen LogP contribution in [0.2, 0.25) is 0 Å². The van der Waals surface area contributed by atoms with Crippen LogP contribution in [0.4, 0.5) is 0 Å². The Hall–Kier alpha value is -1.83. The first-order valence-corrected chi connectivity index (χ1v) is 10.0. The number of benzene rings is 1. The van der Waals surface area contributed by atoms with Crippen LogP contribution in [0.15, 0.2) is 23.2 Å². The third kappa shape index (κ3) is 8.04. The molecule has 1 aromatic carbocycles. The molecule has 1 aromatic rings. The molecule has 0 saturated carbocycles. The summed E-state index contributed by atoms with van der Waals surface area (Å²) in [6.07, 6.45) is 1.08. The molecule has 1 saturated heterocycles. The molecule has 158 valence electrons. The third-order valence-corrected chi connectivity index (χ3v) is 4.85. The second kappa shape index (κ2) is 12.6. The van der Waals surface area contributed by atoms with E-state index in [0.29, 0.717) is 19.1 Å². The summed E-state index contributed by atoms with van der Waals surface area (Å²) in [5.74, 6) is 2.22. The zero-order chi connectivity index (χ0) is 20.2. The number of rotatable bonds is 11. The highest BCUT2D eigenvalue weighted by Gasteiger charge is 2.17. The fourth-order valence-corrected chi connectivity index (χ4v) is 2.99. The van der Waals surface area contributed by atoms with Gasteiger partial charge in [-0.15, -0.1) is 0 Å². The van der Waals surface area contributed by atoms with E-state index in [-0.39, 0.29) is 0 Å². The number of nitrogens with zero attached hydrogens (tertiary/aromatic N) is 2. The van der Waals surface area contributed by atoms with E-state index in [1.54, 1.807) is 14.2 Å². The van der Waals surface area contributed by atoms with Gasteiger partial charge in [0.1, 0.15) is 5.75 Å². The van der Waals surface area contributed by atoms with E-state index in [9.17, 15) is 0 Å². The Morgan fingerprint density at radius 1 is 1.32 bits per heavy atom. The normalized spacial score (nSPS) is 17.2. The molecule has 2 rings (SSSR count). The Morgan fingerprint density at radius 3 is 2.89 bits per heavy atom. The first-order valence-electron chi connectivity index (χ1n) is 10.0. The molecule has 28 heavy (non-hydrogen) atoms. The fourth-order valence-electron chi connectivity index (χ4n) is 2.99. The molecule has 0 radical (unpaired) electrons. The SMILES string of the molecule is CN=C(NCCN(C)CCOC)NCc1ccc(C)cc1OCC1CCOC1. The molecule has 2 N–H and O–H groups in total. The topological polar surface area (TPSA) is 67.4 Å². The van der Waals surface area contributed by atoms with Crippen LogP contribution in [0.1, 0.15) is 17.5 Å². The fraction of sp³-hybridized carbons (Fsp3) is 0.667. The minimum Gasteiger partial charge on any atom is -0.493 e. The molecular weight excluding hydrogens is 356 g/mol. The molecule has 1 heterocycles. The van der Waals surface area contributed by atoms with Crippen LogP contribution in [-0.4, -0.2) is 78.1 Å². The van der Waals surface area contributed by atoms with E-state index in [0.717, 1.165) is 63.1 Å². The number of aryl methyl sites for hydroxylation is 1. The highest BCUT2D eigenvalue weighted by atomic mass is 16.5. The minimum absolute atomic E-state index is 0.492. The van der Waals surface area contributed by atoms with Crippen LogP contribution in [0.25, 0.3) is 0 Å². The average Bonchev–Trinajstić information content (AvgIpc) is 3.22. The summed E-state index contributed by atoms with van der Waals surface area (Å²) in [6, 6.07) is 6.34. The van der Waals surface area contributed by atoms with Crippen LogP contribution in [-0.2, 0) is 16.0 Å². The molecule has 0 bridgehead atoms. The number of hydrogen-bond acceptors (Lipinski definition) is 5. The Morgan fingerprint density at radius 2 is 2.18 bits per heavy atom. The monoisotopic (exact) mass is 392 g/mol. The number of nitrogens with one attached hydrogen (secondary N) is 2. The highest BCUT2D eigenvalue weighted by Crippen LogP contribution is 2.22. The van der Waals surface area contributed by atoms with Gasteiger partial charge in [-0.05, 0) is 32.0 Å². The Labute approximate surface area is 169 Å². The predicted molar refractivity (Wildman–Crippen MR) is 113 cm³/mol. The van der Waals surface area contributed by atoms with Crippen LogP contribution in [0.3, 0.4) is 0 Å².